The van der Waals surface area contributed by atoms with Crippen molar-refractivity contribution in [2.24, 2.45) is 5.92 Å². The normalized spacial score (nSPS) is 12.0. The molecule has 0 aliphatic heterocycles. The van der Waals surface area contributed by atoms with Crippen molar-refractivity contribution in [3.05, 3.63) is 0 Å². The van der Waals surface area contributed by atoms with Gasteiger partial charge in [-0.2, -0.15) is 0 Å². The van der Waals surface area contributed by atoms with Crippen LogP contribution in [0.4, 0.5) is 0 Å². The summed E-state index contributed by atoms with van der Waals surface area (Å²) < 4.78 is 0. The zero-order valence-electron chi connectivity index (χ0n) is 21.8. The third-order valence-corrected chi connectivity index (χ3v) is 6.39. The van der Waals surface area contributed by atoms with Crippen LogP contribution < -0.4 is 0 Å². The summed E-state index contributed by atoms with van der Waals surface area (Å²) >= 11 is 0. The molecule has 0 aromatic carbocycles. The molecule has 32 heavy (non-hydrogen) atoms. The van der Waals surface area contributed by atoms with E-state index in [1.165, 1.54) is 116 Å². The van der Waals surface area contributed by atoms with Crippen LogP contribution >= 0.6 is 0 Å². The van der Waals surface area contributed by atoms with Crippen molar-refractivity contribution in [3.8, 4) is 0 Å². The first-order valence-electron chi connectivity index (χ1n) is 14.0. The minimum atomic E-state index is -0.576. The predicted molar refractivity (Wildman–Crippen MR) is 134 cm³/mol. The fourth-order valence-corrected chi connectivity index (χ4v) is 4.30. The summed E-state index contributed by atoms with van der Waals surface area (Å²) in [6.45, 7) is 5.75. The average molecular weight is 455 g/mol. The molecule has 0 aromatic heterocycles. The maximum absolute atomic E-state index is 12.3. The molecule has 0 saturated heterocycles. The van der Waals surface area contributed by atoms with Gasteiger partial charge < -0.3 is 0 Å². The lowest BCUT2D eigenvalue weighted by molar-refractivity contribution is -0.260. The van der Waals surface area contributed by atoms with Crippen LogP contribution in [-0.4, -0.2) is 11.9 Å². The van der Waals surface area contributed by atoms with Crippen LogP contribution in [0.1, 0.15) is 162 Å². The number of carbonyl (C=O) groups is 2. The highest BCUT2D eigenvalue weighted by Crippen LogP contribution is 2.21. The Kier molecular flexibility index (Phi) is 23.8. The van der Waals surface area contributed by atoms with E-state index in [9.17, 15) is 9.59 Å². The van der Waals surface area contributed by atoms with E-state index in [1.54, 1.807) is 0 Å². The van der Waals surface area contributed by atoms with Gasteiger partial charge in [-0.15, -0.1) is 0 Å². The topological polar surface area (TPSA) is 52.6 Å². The van der Waals surface area contributed by atoms with Crippen LogP contribution in [0, 0.1) is 5.92 Å². The zero-order valence-corrected chi connectivity index (χ0v) is 21.8. The van der Waals surface area contributed by atoms with Crippen LogP contribution in [0.25, 0.3) is 0 Å². The van der Waals surface area contributed by atoms with Gasteiger partial charge in [0.1, 0.15) is 0 Å². The fourth-order valence-electron chi connectivity index (χ4n) is 4.30. The molecule has 0 heterocycles. The van der Waals surface area contributed by atoms with E-state index in [0.29, 0.717) is 0 Å². The Bertz CT molecular complexity index is 422. The van der Waals surface area contributed by atoms with Crippen LogP contribution in [0.2, 0.25) is 0 Å². The van der Waals surface area contributed by atoms with Gasteiger partial charge in [-0.3, -0.25) is 0 Å². The van der Waals surface area contributed by atoms with Gasteiger partial charge in [0.2, 0.25) is 0 Å². The van der Waals surface area contributed by atoms with Crippen molar-refractivity contribution in [1.82, 2.24) is 0 Å². The van der Waals surface area contributed by atoms with E-state index in [-0.39, 0.29) is 11.9 Å². The Morgan fingerprint density at radius 1 is 0.500 bits per heavy atom. The molecule has 0 saturated carbocycles. The number of unbranched alkanes of at least 4 members (excludes halogenated alkanes) is 18. The Morgan fingerprint density at radius 3 is 1.12 bits per heavy atom. The molecule has 4 nitrogen and oxygen atoms in total. The number of carbonyl (C=O) groups excluding carboxylic acids is 2. The molecule has 0 aromatic rings. The third kappa shape index (κ3) is 22.1. The highest BCUT2D eigenvalue weighted by atomic mass is 17.2. The van der Waals surface area contributed by atoms with Gasteiger partial charge in [0.25, 0.3) is 0 Å². The third-order valence-electron chi connectivity index (χ3n) is 6.39. The smallest absolute Gasteiger partial charge is 0.248 e. The standard InChI is InChI=1S/C28H54O4/c1-4-6-8-10-12-13-14-15-16-17-18-19-21-23-25-27(28(30)32-31-26(3)29)24-22-20-11-9-7-5-2/h27H,4-25H2,1-3H3. The van der Waals surface area contributed by atoms with Crippen LogP contribution in [0.3, 0.4) is 0 Å². The second kappa shape index (κ2) is 24.6. The largest absolute Gasteiger partial charge is 0.358 e. The molecule has 0 fully saturated rings. The summed E-state index contributed by atoms with van der Waals surface area (Å²) in [6.07, 6.45) is 27.6. The number of rotatable bonds is 23. The lowest BCUT2D eigenvalue weighted by atomic mass is 9.94. The van der Waals surface area contributed by atoms with Crippen LogP contribution in [0.5, 0.6) is 0 Å². The number of hydrogen-bond donors (Lipinski definition) is 0. The van der Waals surface area contributed by atoms with Gasteiger partial charge in [0.15, 0.2) is 0 Å². The second-order valence-electron chi connectivity index (χ2n) is 9.62. The number of hydrogen-bond acceptors (Lipinski definition) is 4. The van der Waals surface area contributed by atoms with Gasteiger partial charge in [-0.1, -0.05) is 142 Å². The van der Waals surface area contributed by atoms with Crippen molar-refractivity contribution in [2.45, 2.75) is 162 Å². The Labute approximate surface area is 199 Å². The molecule has 0 aliphatic rings. The molecule has 0 spiro atoms. The van der Waals surface area contributed by atoms with Crippen LogP contribution in [-0.2, 0) is 19.4 Å². The van der Waals surface area contributed by atoms with E-state index >= 15 is 0 Å². The molecule has 0 aliphatic carbocycles. The molecule has 1 atom stereocenters. The Hall–Kier alpha value is -1.06. The minimum Gasteiger partial charge on any atom is -0.248 e. The SMILES string of the molecule is CCCCCCCCCCCCCCCCC(CCCCCCCC)C(=O)OOC(C)=O. The summed E-state index contributed by atoms with van der Waals surface area (Å²) in [7, 11) is 0. The highest BCUT2D eigenvalue weighted by molar-refractivity contribution is 5.73. The minimum absolute atomic E-state index is 0.141. The molecule has 0 radical (unpaired) electrons. The van der Waals surface area contributed by atoms with Gasteiger partial charge in [-0.25, -0.2) is 19.4 Å². The van der Waals surface area contributed by atoms with Crippen molar-refractivity contribution in [3.63, 3.8) is 0 Å². The molecular weight excluding hydrogens is 400 g/mol. The molecule has 4 heteroatoms. The average Bonchev–Trinajstić information content (AvgIpc) is 2.78. The first-order valence-corrected chi connectivity index (χ1v) is 14.0. The fraction of sp³-hybridized carbons (Fsp3) is 0.929. The summed E-state index contributed by atoms with van der Waals surface area (Å²) in [5, 5.41) is 0. The molecule has 1 unspecified atom stereocenters. The Balaban J connectivity index is 3.78. The van der Waals surface area contributed by atoms with Gasteiger partial charge in [0.05, 0.1) is 5.92 Å². The first-order chi connectivity index (χ1) is 15.6. The summed E-state index contributed by atoms with van der Waals surface area (Å²) in [5.74, 6) is -1.09. The quantitative estimate of drug-likeness (QED) is 0.0876. The van der Waals surface area contributed by atoms with Crippen molar-refractivity contribution < 1.29 is 19.4 Å². The monoisotopic (exact) mass is 454 g/mol. The van der Waals surface area contributed by atoms with E-state index in [0.717, 1.165) is 32.1 Å². The van der Waals surface area contributed by atoms with Crippen LogP contribution in [0.15, 0.2) is 0 Å². The van der Waals surface area contributed by atoms with E-state index in [2.05, 4.69) is 18.7 Å². The molecule has 190 valence electrons. The highest BCUT2D eigenvalue weighted by Gasteiger charge is 2.21. The van der Waals surface area contributed by atoms with E-state index in [4.69, 9.17) is 4.89 Å². The van der Waals surface area contributed by atoms with Crippen molar-refractivity contribution in [2.75, 3.05) is 0 Å². The molecule has 0 rings (SSSR count). The summed E-state index contributed by atoms with van der Waals surface area (Å²) in [4.78, 5) is 32.4. The maximum atomic E-state index is 12.3. The Morgan fingerprint density at radius 2 is 0.812 bits per heavy atom. The molecule has 0 N–H and O–H groups in total. The molecule has 0 amide bonds. The zero-order chi connectivity index (χ0) is 23.7. The summed E-state index contributed by atoms with van der Waals surface area (Å²) in [6, 6.07) is 0. The van der Waals surface area contributed by atoms with Crippen molar-refractivity contribution >= 4 is 11.9 Å². The van der Waals surface area contributed by atoms with Gasteiger partial charge >= 0.3 is 11.9 Å². The van der Waals surface area contributed by atoms with Crippen molar-refractivity contribution in [1.29, 1.82) is 0 Å². The van der Waals surface area contributed by atoms with E-state index in [1.807, 2.05) is 0 Å². The first kappa shape index (κ1) is 30.9. The lowest BCUT2D eigenvalue weighted by Crippen LogP contribution is -2.19. The molecule has 0 bridgehead atoms. The second-order valence-corrected chi connectivity index (χ2v) is 9.62. The van der Waals surface area contributed by atoms with E-state index < -0.39 is 5.97 Å². The van der Waals surface area contributed by atoms with Gasteiger partial charge in [-0.05, 0) is 12.8 Å². The summed E-state index contributed by atoms with van der Waals surface area (Å²) in [5.41, 5.74) is 0. The van der Waals surface area contributed by atoms with Gasteiger partial charge in [0, 0.05) is 6.92 Å². The maximum Gasteiger partial charge on any atom is 0.358 e. The molecular formula is C28H54O4. The lowest BCUT2D eigenvalue weighted by Gasteiger charge is -2.14. The predicted octanol–water partition coefficient (Wildman–Crippen LogP) is 9.25.